The molecule has 0 unspecified atom stereocenters. The van der Waals surface area contributed by atoms with Crippen molar-refractivity contribution in [1.82, 2.24) is 30.7 Å². The van der Waals surface area contributed by atoms with Crippen molar-refractivity contribution in [3.8, 4) is 17.1 Å². The fourth-order valence-electron chi connectivity index (χ4n) is 2.69. The van der Waals surface area contributed by atoms with Crippen LogP contribution in [0.3, 0.4) is 0 Å². The van der Waals surface area contributed by atoms with Crippen LogP contribution in [0.5, 0.6) is 5.75 Å². The van der Waals surface area contributed by atoms with E-state index in [9.17, 15) is 0 Å². The van der Waals surface area contributed by atoms with E-state index in [0.29, 0.717) is 18.2 Å². The van der Waals surface area contributed by atoms with Crippen LogP contribution in [-0.4, -0.2) is 80.1 Å². The van der Waals surface area contributed by atoms with Crippen LogP contribution in [-0.2, 0) is 11.3 Å². The number of nitrogens with one attached hydrogen (secondary N) is 3. The molecule has 0 saturated heterocycles. The smallest absolute Gasteiger partial charge is 0.191 e. The molecule has 0 radical (unpaired) electrons. The zero-order valence-corrected chi connectivity index (χ0v) is 20.6. The van der Waals surface area contributed by atoms with Gasteiger partial charge in [-0.25, -0.2) is 9.98 Å². The second kappa shape index (κ2) is 15.0. The van der Waals surface area contributed by atoms with Gasteiger partial charge in [0, 0.05) is 45.5 Å². The van der Waals surface area contributed by atoms with Gasteiger partial charge in [0.15, 0.2) is 11.8 Å². The lowest BCUT2D eigenvalue weighted by molar-refractivity contribution is 0.180. The fraction of sp³-hybridized carbons (Fsp3) is 0.550. The van der Waals surface area contributed by atoms with Crippen LogP contribution in [0.15, 0.2) is 29.3 Å². The molecule has 30 heavy (non-hydrogen) atoms. The van der Waals surface area contributed by atoms with Gasteiger partial charge in [0.1, 0.15) is 18.1 Å². The van der Waals surface area contributed by atoms with Crippen molar-refractivity contribution in [2.24, 2.45) is 4.99 Å². The van der Waals surface area contributed by atoms with Crippen molar-refractivity contribution in [3.63, 3.8) is 0 Å². The highest BCUT2D eigenvalue weighted by molar-refractivity contribution is 14.0. The number of aromatic amines is 1. The van der Waals surface area contributed by atoms with Crippen molar-refractivity contribution in [3.05, 3.63) is 30.1 Å². The summed E-state index contributed by atoms with van der Waals surface area (Å²) in [6.45, 7) is 6.79. The van der Waals surface area contributed by atoms with Gasteiger partial charge < -0.3 is 25.0 Å². The Hall–Kier alpha value is -1.92. The highest BCUT2D eigenvalue weighted by Crippen LogP contribution is 2.18. The van der Waals surface area contributed by atoms with E-state index in [1.165, 1.54) is 0 Å². The summed E-state index contributed by atoms with van der Waals surface area (Å²) < 4.78 is 10.3. The molecule has 0 aliphatic carbocycles. The van der Waals surface area contributed by atoms with E-state index in [0.717, 1.165) is 56.5 Å². The molecule has 1 aromatic carbocycles. The Morgan fingerprint density at radius 2 is 1.93 bits per heavy atom. The van der Waals surface area contributed by atoms with E-state index >= 15 is 0 Å². The average molecular weight is 531 g/mol. The topological polar surface area (TPSA) is 99.7 Å². The maximum absolute atomic E-state index is 5.18. The largest absolute Gasteiger partial charge is 0.497 e. The summed E-state index contributed by atoms with van der Waals surface area (Å²) in [5.74, 6) is 2.93. The number of hydrogen-bond acceptors (Lipinski definition) is 6. The zero-order valence-electron chi connectivity index (χ0n) is 18.3. The first kappa shape index (κ1) is 26.1. The molecule has 0 fully saturated rings. The number of rotatable bonds is 12. The number of H-pyrrole nitrogens is 1. The van der Waals surface area contributed by atoms with E-state index in [2.05, 4.69) is 42.8 Å². The van der Waals surface area contributed by atoms with Gasteiger partial charge in [-0.3, -0.25) is 5.10 Å². The van der Waals surface area contributed by atoms with Crippen LogP contribution >= 0.6 is 24.0 Å². The quantitative estimate of drug-likeness (QED) is 0.167. The molecule has 0 aliphatic heterocycles. The molecule has 0 spiro atoms. The summed E-state index contributed by atoms with van der Waals surface area (Å²) >= 11 is 0. The minimum atomic E-state index is 0. The van der Waals surface area contributed by atoms with E-state index in [-0.39, 0.29) is 24.0 Å². The third-order valence-corrected chi connectivity index (χ3v) is 4.29. The van der Waals surface area contributed by atoms with Crippen molar-refractivity contribution in [2.45, 2.75) is 19.9 Å². The van der Waals surface area contributed by atoms with Crippen molar-refractivity contribution < 1.29 is 9.47 Å². The summed E-state index contributed by atoms with van der Waals surface area (Å²) in [7, 11) is 5.49. The predicted octanol–water partition coefficient (Wildman–Crippen LogP) is 2.12. The van der Waals surface area contributed by atoms with Crippen LogP contribution in [0.4, 0.5) is 0 Å². The molecule has 1 heterocycles. The lowest BCUT2D eigenvalue weighted by Gasteiger charge is -2.18. The summed E-state index contributed by atoms with van der Waals surface area (Å²) in [5.41, 5.74) is 0.929. The van der Waals surface area contributed by atoms with Gasteiger partial charge in [-0.05, 0) is 44.7 Å². The number of benzene rings is 1. The van der Waals surface area contributed by atoms with E-state index < -0.39 is 0 Å². The Labute approximate surface area is 196 Å². The standard InChI is InChI=1S/C20H33N7O2.HI/c1-5-21-20(22-11-13-27(2)12-6-14-28-3)23-15-18-24-19(26-25-18)16-7-9-17(29-4)10-8-16;/h7-10H,5-6,11-15H2,1-4H3,(H2,21,22,23)(H,24,25,26);1H. The average Bonchev–Trinajstić information content (AvgIpc) is 3.21. The first-order chi connectivity index (χ1) is 14.2. The normalized spacial score (nSPS) is 11.3. The first-order valence-corrected chi connectivity index (χ1v) is 9.91. The minimum Gasteiger partial charge on any atom is -0.497 e. The van der Waals surface area contributed by atoms with E-state index in [4.69, 9.17) is 9.47 Å². The van der Waals surface area contributed by atoms with Gasteiger partial charge in [0.2, 0.25) is 0 Å². The highest BCUT2D eigenvalue weighted by Gasteiger charge is 2.07. The number of aromatic nitrogens is 3. The number of halogens is 1. The summed E-state index contributed by atoms with van der Waals surface area (Å²) in [6.07, 6.45) is 1.03. The SMILES string of the molecule is CCNC(=NCc1nc(-c2ccc(OC)cc2)n[nH]1)NCCN(C)CCCOC.I. The molecule has 168 valence electrons. The molecular formula is C20H34IN7O2. The molecule has 2 aromatic rings. The highest BCUT2D eigenvalue weighted by atomic mass is 127. The molecule has 9 nitrogen and oxygen atoms in total. The van der Waals surface area contributed by atoms with Crippen molar-refractivity contribution >= 4 is 29.9 Å². The number of guanidine groups is 1. The van der Waals surface area contributed by atoms with Gasteiger partial charge in [-0.15, -0.1) is 24.0 Å². The van der Waals surface area contributed by atoms with Crippen molar-refractivity contribution in [2.75, 3.05) is 54.1 Å². The zero-order chi connectivity index (χ0) is 20.9. The maximum atomic E-state index is 5.18. The molecular weight excluding hydrogens is 497 g/mol. The number of methoxy groups -OCH3 is 2. The lowest BCUT2D eigenvalue weighted by atomic mass is 10.2. The Kier molecular flexibility index (Phi) is 13.0. The third-order valence-electron chi connectivity index (χ3n) is 4.29. The Morgan fingerprint density at radius 1 is 1.17 bits per heavy atom. The van der Waals surface area contributed by atoms with Crippen LogP contribution < -0.4 is 15.4 Å². The molecule has 0 bridgehead atoms. The van der Waals surface area contributed by atoms with Crippen LogP contribution in [0.1, 0.15) is 19.2 Å². The maximum Gasteiger partial charge on any atom is 0.191 e. The number of ether oxygens (including phenoxy) is 2. The number of hydrogen-bond donors (Lipinski definition) is 3. The summed E-state index contributed by atoms with van der Waals surface area (Å²) in [5, 5.41) is 13.8. The summed E-state index contributed by atoms with van der Waals surface area (Å²) in [6, 6.07) is 7.65. The van der Waals surface area contributed by atoms with Crippen LogP contribution in [0.2, 0.25) is 0 Å². The van der Waals surface area contributed by atoms with Crippen LogP contribution in [0.25, 0.3) is 11.4 Å². The Morgan fingerprint density at radius 3 is 2.60 bits per heavy atom. The number of nitrogens with zero attached hydrogens (tertiary/aromatic N) is 4. The molecule has 0 amide bonds. The molecule has 10 heteroatoms. The van der Waals surface area contributed by atoms with E-state index in [1.807, 2.05) is 31.2 Å². The van der Waals surface area contributed by atoms with Gasteiger partial charge in [-0.2, -0.15) is 5.10 Å². The molecule has 3 N–H and O–H groups in total. The second-order valence-corrected chi connectivity index (χ2v) is 6.61. The van der Waals surface area contributed by atoms with E-state index in [1.54, 1.807) is 14.2 Å². The molecule has 0 aliphatic rings. The Balaban J connectivity index is 0.00000450. The number of aliphatic imine (C=N–C) groups is 1. The third kappa shape index (κ3) is 9.26. The Bertz CT molecular complexity index is 737. The molecule has 0 atom stereocenters. The minimum absolute atomic E-state index is 0. The fourth-order valence-corrected chi connectivity index (χ4v) is 2.69. The molecule has 0 saturated carbocycles. The van der Waals surface area contributed by atoms with Crippen LogP contribution in [0, 0.1) is 0 Å². The second-order valence-electron chi connectivity index (χ2n) is 6.61. The first-order valence-electron chi connectivity index (χ1n) is 9.91. The van der Waals surface area contributed by atoms with Gasteiger partial charge in [-0.1, -0.05) is 0 Å². The molecule has 2 rings (SSSR count). The summed E-state index contributed by atoms with van der Waals surface area (Å²) in [4.78, 5) is 11.4. The predicted molar refractivity (Wildman–Crippen MR) is 131 cm³/mol. The number of likely N-dealkylation sites (N-methyl/N-ethyl adjacent to an activating group) is 1. The van der Waals surface area contributed by atoms with Gasteiger partial charge in [0.25, 0.3) is 0 Å². The monoisotopic (exact) mass is 531 g/mol. The van der Waals surface area contributed by atoms with Crippen molar-refractivity contribution in [1.29, 1.82) is 0 Å². The molecule has 1 aromatic heterocycles. The lowest BCUT2D eigenvalue weighted by Crippen LogP contribution is -2.41. The van der Waals surface area contributed by atoms with Gasteiger partial charge in [0.05, 0.1) is 7.11 Å². The van der Waals surface area contributed by atoms with Gasteiger partial charge >= 0.3 is 0 Å².